The van der Waals surface area contributed by atoms with Gasteiger partial charge in [0.25, 0.3) is 0 Å². The Bertz CT molecular complexity index is 1040. The third-order valence-corrected chi connectivity index (χ3v) is 7.31. The minimum atomic E-state index is -0.907. The lowest BCUT2D eigenvalue weighted by Crippen LogP contribution is -2.49. The lowest BCUT2D eigenvalue weighted by atomic mass is 9.84. The van der Waals surface area contributed by atoms with Gasteiger partial charge >= 0.3 is 12.1 Å². The molecule has 7 heteroatoms. The molecule has 2 N–H and O–H groups in total. The van der Waals surface area contributed by atoms with Gasteiger partial charge in [0.05, 0.1) is 5.41 Å². The Morgan fingerprint density at radius 3 is 2.24 bits per heavy atom. The van der Waals surface area contributed by atoms with Gasteiger partial charge in [-0.3, -0.25) is 9.59 Å². The summed E-state index contributed by atoms with van der Waals surface area (Å²) in [5, 5.41) is 12.4. The molecule has 1 fully saturated rings. The summed E-state index contributed by atoms with van der Waals surface area (Å²) in [7, 11) is 0. The quantitative estimate of drug-likeness (QED) is 0.603. The molecule has 4 rings (SSSR count). The smallest absolute Gasteiger partial charge is 0.407 e. The van der Waals surface area contributed by atoms with Crippen molar-refractivity contribution in [2.75, 3.05) is 19.7 Å². The Morgan fingerprint density at radius 1 is 1.09 bits per heavy atom. The molecular formula is C27H32N2O5. The van der Waals surface area contributed by atoms with Gasteiger partial charge in [0.1, 0.15) is 12.6 Å². The predicted molar refractivity (Wildman–Crippen MR) is 128 cm³/mol. The van der Waals surface area contributed by atoms with E-state index in [9.17, 15) is 19.5 Å². The number of carbonyl (C=O) groups excluding carboxylic acids is 2. The summed E-state index contributed by atoms with van der Waals surface area (Å²) in [6.45, 7) is 4.50. The number of likely N-dealkylation sites (tertiary alicyclic amines) is 1. The van der Waals surface area contributed by atoms with E-state index < -0.39 is 23.5 Å². The molecule has 0 radical (unpaired) electrons. The second-order valence-electron chi connectivity index (χ2n) is 9.26. The van der Waals surface area contributed by atoms with Gasteiger partial charge in [0, 0.05) is 19.0 Å². The zero-order chi connectivity index (χ0) is 24.3. The van der Waals surface area contributed by atoms with Crippen LogP contribution in [0.2, 0.25) is 0 Å². The standard InChI is InChI=1S/C27H32N2O5/c1-3-9-23(24(30)29-15-14-27(4-2,17-29)25(31)32)28-26(33)34-16-22-20-12-7-5-10-18(20)19-11-6-8-13-21(19)22/h5-8,10-13,22-23H,3-4,9,14-17H2,1-2H3,(H,28,33)(H,31,32). The number of rotatable bonds is 8. The molecule has 0 saturated carbocycles. The molecule has 2 aliphatic rings. The van der Waals surface area contributed by atoms with Crippen LogP contribution in [-0.2, 0) is 14.3 Å². The Hall–Kier alpha value is -3.35. The fourth-order valence-corrected chi connectivity index (χ4v) is 5.22. The molecule has 2 aromatic carbocycles. The van der Waals surface area contributed by atoms with Crippen LogP contribution < -0.4 is 5.32 Å². The average molecular weight is 465 g/mol. The van der Waals surface area contributed by atoms with Crippen LogP contribution >= 0.6 is 0 Å². The first-order valence-electron chi connectivity index (χ1n) is 12.0. The molecule has 0 bridgehead atoms. The normalized spacial score (nSPS) is 19.9. The van der Waals surface area contributed by atoms with Gasteiger partial charge in [-0.15, -0.1) is 0 Å². The van der Waals surface area contributed by atoms with Crippen LogP contribution in [0.5, 0.6) is 0 Å². The summed E-state index contributed by atoms with van der Waals surface area (Å²) >= 11 is 0. The highest BCUT2D eigenvalue weighted by Crippen LogP contribution is 2.44. The molecule has 1 saturated heterocycles. The van der Waals surface area contributed by atoms with Crippen molar-refractivity contribution >= 4 is 18.0 Å². The SMILES string of the molecule is CCCC(NC(=O)OCC1c2ccccc2-c2ccccc21)C(=O)N1CCC(CC)(C(=O)O)C1. The molecule has 0 spiro atoms. The third kappa shape index (κ3) is 4.39. The minimum Gasteiger partial charge on any atom is -0.481 e. The number of benzene rings is 2. The van der Waals surface area contributed by atoms with Gasteiger partial charge in [-0.05, 0) is 41.5 Å². The summed E-state index contributed by atoms with van der Waals surface area (Å²) in [4.78, 5) is 39.2. The van der Waals surface area contributed by atoms with E-state index in [0.29, 0.717) is 32.2 Å². The van der Waals surface area contributed by atoms with E-state index in [-0.39, 0.29) is 25.0 Å². The molecule has 2 atom stereocenters. The second kappa shape index (κ2) is 9.87. The summed E-state index contributed by atoms with van der Waals surface area (Å²) < 4.78 is 5.61. The number of nitrogens with one attached hydrogen (secondary N) is 1. The van der Waals surface area contributed by atoms with Crippen molar-refractivity contribution in [3.05, 3.63) is 59.7 Å². The third-order valence-electron chi connectivity index (χ3n) is 7.31. The number of carboxylic acid groups (broad SMARTS) is 1. The highest BCUT2D eigenvalue weighted by Gasteiger charge is 2.45. The maximum absolute atomic E-state index is 13.1. The fourth-order valence-electron chi connectivity index (χ4n) is 5.22. The highest BCUT2D eigenvalue weighted by atomic mass is 16.5. The zero-order valence-corrected chi connectivity index (χ0v) is 19.8. The van der Waals surface area contributed by atoms with Gasteiger partial charge in [-0.25, -0.2) is 4.79 Å². The van der Waals surface area contributed by atoms with Crippen LogP contribution in [0.15, 0.2) is 48.5 Å². The van der Waals surface area contributed by atoms with Crippen molar-refractivity contribution in [3.63, 3.8) is 0 Å². The van der Waals surface area contributed by atoms with Gasteiger partial charge < -0.3 is 20.1 Å². The van der Waals surface area contributed by atoms with Crippen molar-refractivity contribution in [1.82, 2.24) is 10.2 Å². The first-order chi connectivity index (χ1) is 16.4. The minimum absolute atomic E-state index is 0.0576. The van der Waals surface area contributed by atoms with E-state index in [4.69, 9.17) is 4.74 Å². The van der Waals surface area contributed by atoms with Crippen LogP contribution in [0.4, 0.5) is 4.79 Å². The van der Waals surface area contributed by atoms with E-state index in [1.165, 1.54) is 0 Å². The molecular weight excluding hydrogens is 432 g/mol. The number of alkyl carbamates (subject to hydrolysis) is 1. The summed E-state index contributed by atoms with van der Waals surface area (Å²) in [6, 6.07) is 15.5. The Labute approximate surface area is 200 Å². The van der Waals surface area contributed by atoms with Crippen molar-refractivity contribution < 1.29 is 24.2 Å². The van der Waals surface area contributed by atoms with Gasteiger partial charge in [0.2, 0.25) is 5.91 Å². The van der Waals surface area contributed by atoms with E-state index in [1.54, 1.807) is 4.90 Å². The van der Waals surface area contributed by atoms with E-state index in [0.717, 1.165) is 22.3 Å². The molecule has 1 aliphatic carbocycles. The first-order valence-corrected chi connectivity index (χ1v) is 12.0. The first kappa shape index (κ1) is 23.8. The number of nitrogens with zero attached hydrogens (tertiary/aromatic N) is 1. The Balaban J connectivity index is 1.40. The summed E-state index contributed by atoms with van der Waals surface area (Å²) in [5.74, 6) is -1.17. The molecule has 0 aromatic heterocycles. The van der Waals surface area contributed by atoms with Crippen molar-refractivity contribution in [2.45, 2.75) is 51.5 Å². The number of amides is 2. The molecule has 2 aromatic rings. The number of ether oxygens (including phenoxy) is 1. The Morgan fingerprint density at radius 2 is 1.71 bits per heavy atom. The largest absolute Gasteiger partial charge is 0.481 e. The average Bonchev–Trinajstić information content (AvgIpc) is 3.43. The molecule has 1 aliphatic heterocycles. The topological polar surface area (TPSA) is 95.9 Å². The van der Waals surface area contributed by atoms with Crippen LogP contribution in [0.3, 0.4) is 0 Å². The van der Waals surface area contributed by atoms with Crippen LogP contribution in [-0.4, -0.2) is 53.7 Å². The number of hydrogen-bond donors (Lipinski definition) is 2. The predicted octanol–water partition coefficient (Wildman–Crippen LogP) is 4.41. The lowest BCUT2D eigenvalue weighted by Gasteiger charge is -2.26. The van der Waals surface area contributed by atoms with Gasteiger partial charge in [0.15, 0.2) is 0 Å². The lowest BCUT2D eigenvalue weighted by molar-refractivity contribution is -0.148. The maximum Gasteiger partial charge on any atom is 0.407 e. The zero-order valence-electron chi connectivity index (χ0n) is 19.8. The number of carboxylic acids is 1. The van der Waals surface area contributed by atoms with Crippen LogP contribution in [0.25, 0.3) is 11.1 Å². The van der Waals surface area contributed by atoms with E-state index in [1.807, 2.05) is 38.1 Å². The summed E-state index contributed by atoms with van der Waals surface area (Å²) in [5.41, 5.74) is 3.64. The molecule has 7 nitrogen and oxygen atoms in total. The molecule has 34 heavy (non-hydrogen) atoms. The van der Waals surface area contributed by atoms with Crippen molar-refractivity contribution in [2.24, 2.45) is 5.41 Å². The van der Waals surface area contributed by atoms with Gasteiger partial charge in [-0.2, -0.15) is 0 Å². The van der Waals surface area contributed by atoms with Gasteiger partial charge in [-0.1, -0.05) is 68.8 Å². The van der Waals surface area contributed by atoms with E-state index in [2.05, 4.69) is 29.6 Å². The van der Waals surface area contributed by atoms with Crippen molar-refractivity contribution in [3.8, 4) is 11.1 Å². The Kier molecular flexibility index (Phi) is 6.91. The molecule has 180 valence electrons. The second-order valence-corrected chi connectivity index (χ2v) is 9.26. The molecule has 2 amide bonds. The number of carbonyl (C=O) groups is 3. The number of aliphatic carboxylic acids is 1. The summed E-state index contributed by atoms with van der Waals surface area (Å²) in [6.07, 6.45) is 1.42. The monoisotopic (exact) mass is 464 g/mol. The maximum atomic E-state index is 13.1. The number of hydrogen-bond acceptors (Lipinski definition) is 4. The molecule has 1 heterocycles. The van der Waals surface area contributed by atoms with Crippen LogP contribution in [0, 0.1) is 5.41 Å². The highest BCUT2D eigenvalue weighted by molar-refractivity contribution is 5.87. The molecule has 2 unspecified atom stereocenters. The van der Waals surface area contributed by atoms with E-state index >= 15 is 0 Å². The fraction of sp³-hybridized carbons (Fsp3) is 0.444. The van der Waals surface area contributed by atoms with Crippen molar-refractivity contribution in [1.29, 1.82) is 0 Å². The number of fused-ring (bicyclic) bond motifs is 3. The van der Waals surface area contributed by atoms with Crippen LogP contribution in [0.1, 0.15) is 56.6 Å².